The molecule has 3 rings (SSSR count). The molecular formula is C25H28ClN3O2. The second kappa shape index (κ2) is 12.1. The molecular weight excluding hydrogens is 410 g/mol. The highest BCUT2D eigenvalue weighted by atomic mass is 35.5. The second-order valence-corrected chi connectivity index (χ2v) is 7.60. The van der Waals surface area contributed by atoms with Gasteiger partial charge in [-0.25, -0.2) is 9.97 Å². The van der Waals surface area contributed by atoms with E-state index < -0.39 is 0 Å². The number of halogens is 1. The molecule has 6 heteroatoms. The Hall–Kier alpha value is -2.92. The molecule has 162 valence electrons. The Labute approximate surface area is 189 Å². The Morgan fingerprint density at radius 3 is 2.48 bits per heavy atom. The SMILES string of the molecule is CCOC(=O)CCCCCCN(c1ccccn1)c1cc(-c2ccccc2Cl)ccn1. The molecule has 0 bridgehead atoms. The minimum absolute atomic E-state index is 0.113. The Bertz CT molecular complexity index is 966. The number of hydrogen-bond acceptors (Lipinski definition) is 5. The van der Waals surface area contributed by atoms with Crippen LogP contribution < -0.4 is 4.90 Å². The smallest absolute Gasteiger partial charge is 0.305 e. The molecule has 0 aliphatic carbocycles. The van der Waals surface area contributed by atoms with Crippen LogP contribution >= 0.6 is 11.6 Å². The van der Waals surface area contributed by atoms with Crippen LogP contribution in [0.1, 0.15) is 39.0 Å². The molecule has 2 heterocycles. The van der Waals surface area contributed by atoms with Crippen molar-refractivity contribution in [3.63, 3.8) is 0 Å². The quantitative estimate of drug-likeness (QED) is 0.255. The van der Waals surface area contributed by atoms with Gasteiger partial charge in [-0.1, -0.05) is 48.7 Å². The Morgan fingerprint density at radius 2 is 1.71 bits per heavy atom. The number of hydrogen-bond donors (Lipinski definition) is 0. The summed E-state index contributed by atoms with van der Waals surface area (Å²) in [6, 6.07) is 17.7. The maximum Gasteiger partial charge on any atom is 0.305 e. The number of benzene rings is 1. The first-order chi connectivity index (χ1) is 15.2. The number of aromatic nitrogens is 2. The zero-order valence-corrected chi connectivity index (χ0v) is 18.6. The monoisotopic (exact) mass is 437 g/mol. The highest BCUT2D eigenvalue weighted by Crippen LogP contribution is 2.31. The van der Waals surface area contributed by atoms with Crippen LogP contribution in [-0.2, 0) is 9.53 Å². The van der Waals surface area contributed by atoms with E-state index in [0.717, 1.165) is 55.0 Å². The van der Waals surface area contributed by atoms with Gasteiger partial charge in [-0.3, -0.25) is 4.79 Å². The maximum absolute atomic E-state index is 11.5. The second-order valence-electron chi connectivity index (χ2n) is 7.19. The molecule has 0 aliphatic rings. The first kappa shape index (κ1) is 22.8. The van der Waals surface area contributed by atoms with Gasteiger partial charge in [0.25, 0.3) is 0 Å². The molecule has 2 aromatic heterocycles. The highest BCUT2D eigenvalue weighted by molar-refractivity contribution is 6.33. The van der Waals surface area contributed by atoms with Crippen LogP contribution in [0.25, 0.3) is 11.1 Å². The Morgan fingerprint density at radius 1 is 0.935 bits per heavy atom. The van der Waals surface area contributed by atoms with Crippen molar-refractivity contribution < 1.29 is 9.53 Å². The number of nitrogens with zero attached hydrogens (tertiary/aromatic N) is 3. The van der Waals surface area contributed by atoms with Crippen molar-refractivity contribution in [2.75, 3.05) is 18.1 Å². The van der Waals surface area contributed by atoms with Crippen LogP contribution in [-0.4, -0.2) is 29.1 Å². The third kappa shape index (κ3) is 6.79. The topological polar surface area (TPSA) is 55.3 Å². The van der Waals surface area contributed by atoms with Gasteiger partial charge in [0.1, 0.15) is 11.6 Å². The molecule has 0 amide bonds. The van der Waals surface area contributed by atoms with Gasteiger partial charge in [0.2, 0.25) is 0 Å². The molecule has 0 N–H and O–H groups in total. The third-order valence-corrected chi connectivity index (χ3v) is 5.28. The van der Waals surface area contributed by atoms with Gasteiger partial charge in [-0.15, -0.1) is 0 Å². The van der Waals surface area contributed by atoms with E-state index in [-0.39, 0.29) is 5.97 Å². The lowest BCUT2D eigenvalue weighted by Gasteiger charge is -2.23. The number of unbranched alkanes of at least 4 members (excludes halogenated alkanes) is 3. The zero-order chi connectivity index (χ0) is 21.9. The number of esters is 1. The number of rotatable bonds is 11. The highest BCUT2D eigenvalue weighted by Gasteiger charge is 2.13. The van der Waals surface area contributed by atoms with E-state index in [1.807, 2.05) is 61.7 Å². The number of pyridine rings is 2. The molecule has 0 unspecified atom stereocenters. The summed E-state index contributed by atoms with van der Waals surface area (Å²) in [7, 11) is 0. The summed E-state index contributed by atoms with van der Waals surface area (Å²) in [5, 5.41) is 0.714. The van der Waals surface area contributed by atoms with Crippen LogP contribution in [0.15, 0.2) is 67.0 Å². The largest absolute Gasteiger partial charge is 0.466 e. The molecule has 5 nitrogen and oxygen atoms in total. The summed E-state index contributed by atoms with van der Waals surface area (Å²) in [5.41, 5.74) is 2.00. The lowest BCUT2D eigenvalue weighted by Crippen LogP contribution is -2.20. The predicted octanol–water partition coefficient (Wildman–Crippen LogP) is 6.45. The summed E-state index contributed by atoms with van der Waals surface area (Å²) in [4.78, 5) is 22.7. The summed E-state index contributed by atoms with van der Waals surface area (Å²) in [5.74, 6) is 1.58. The lowest BCUT2D eigenvalue weighted by atomic mass is 10.1. The minimum atomic E-state index is -0.113. The van der Waals surface area contributed by atoms with Gasteiger partial charge in [0.05, 0.1) is 6.61 Å². The van der Waals surface area contributed by atoms with E-state index in [0.29, 0.717) is 18.1 Å². The van der Waals surface area contributed by atoms with Crippen molar-refractivity contribution in [1.82, 2.24) is 9.97 Å². The maximum atomic E-state index is 11.5. The van der Waals surface area contributed by atoms with E-state index in [9.17, 15) is 4.79 Å². The molecule has 0 saturated heterocycles. The summed E-state index contributed by atoms with van der Waals surface area (Å²) in [6.45, 7) is 3.06. The average molecular weight is 438 g/mol. The van der Waals surface area contributed by atoms with Gasteiger partial charge < -0.3 is 9.64 Å². The van der Waals surface area contributed by atoms with Crippen LogP contribution in [0.5, 0.6) is 0 Å². The third-order valence-electron chi connectivity index (χ3n) is 4.95. The molecule has 0 radical (unpaired) electrons. The molecule has 31 heavy (non-hydrogen) atoms. The fourth-order valence-corrected chi connectivity index (χ4v) is 3.66. The summed E-state index contributed by atoms with van der Waals surface area (Å²) >= 11 is 6.40. The van der Waals surface area contributed by atoms with Crippen molar-refractivity contribution in [1.29, 1.82) is 0 Å². The summed E-state index contributed by atoms with van der Waals surface area (Å²) < 4.78 is 4.99. The van der Waals surface area contributed by atoms with Gasteiger partial charge in [0, 0.05) is 35.9 Å². The molecule has 0 aliphatic heterocycles. The van der Waals surface area contributed by atoms with Crippen molar-refractivity contribution in [2.45, 2.75) is 39.0 Å². The lowest BCUT2D eigenvalue weighted by molar-refractivity contribution is -0.143. The number of carbonyl (C=O) groups is 1. The van der Waals surface area contributed by atoms with E-state index in [2.05, 4.69) is 20.9 Å². The molecule has 3 aromatic rings. The Balaban J connectivity index is 1.68. The first-order valence-corrected chi connectivity index (χ1v) is 11.1. The van der Waals surface area contributed by atoms with Crippen LogP contribution in [0, 0.1) is 0 Å². The fourth-order valence-electron chi connectivity index (χ4n) is 3.41. The van der Waals surface area contributed by atoms with Crippen molar-refractivity contribution in [2.24, 2.45) is 0 Å². The van der Waals surface area contributed by atoms with Gasteiger partial charge in [-0.05, 0) is 55.7 Å². The van der Waals surface area contributed by atoms with Crippen LogP contribution in [0.2, 0.25) is 5.02 Å². The van der Waals surface area contributed by atoms with Crippen molar-refractivity contribution in [3.05, 3.63) is 72.0 Å². The standard InChI is InChI=1S/C25H28ClN3O2/c1-2-31-25(30)14-5-3-4-10-18-29(23-13-8-9-16-27-23)24-19-20(15-17-28-24)21-11-6-7-12-22(21)26/h6-9,11-13,15-17,19H,2-5,10,14,18H2,1H3. The normalized spacial score (nSPS) is 10.6. The fraction of sp³-hybridized carbons (Fsp3) is 0.320. The molecule has 0 atom stereocenters. The predicted molar refractivity (Wildman–Crippen MR) is 126 cm³/mol. The average Bonchev–Trinajstić information content (AvgIpc) is 2.80. The molecule has 0 fully saturated rings. The van der Waals surface area contributed by atoms with Gasteiger partial charge >= 0.3 is 5.97 Å². The van der Waals surface area contributed by atoms with E-state index in [4.69, 9.17) is 16.3 Å². The first-order valence-electron chi connectivity index (χ1n) is 10.7. The van der Waals surface area contributed by atoms with Gasteiger partial charge in [0.15, 0.2) is 0 Å². The zero-order valence-electron chi connectivity index (χ0n) is 17.8. The number of anilines is 2. The van der Waals surface area contributed by atoms with Crippen LogP contribution in [0.4, 0.5) is 11.6 Å². The van der Waals surface area contributed by atoms with E-state index >= 15 is 0 Å². The van der Waals surface area contributed by atoms with Gasteiger partial charge in [-0.2, -0.15) is 0 Å². The van der Waals surface area contributed by atoms with E-state index in [1.165, 1.54) is 0 Å². The van der Waals surface area contributed by atoms with Crippen molar-refractivity contribution >= 4 is 29.2 Å². The van der Waals surface area contributed by atoms with Crippen molar-refractivity contribution in [3.8, 4) is 11.1 Å². The molecule has 0 saturated carbocycles. The van der Waals surface area contributed by atoms with E-state index in [1.54, 1.807) is 6.20 Å². The number of carbonyl (C=O) groups excluding carboxylic acids is 1. The minimum Gasteiger partial charge on any atom is -0.466 e. The Kier molecular flexibility index (Phi) is 8.85. The molecule has 0 spiro atoms. The number of ether oxygens (including phenoxy) is 1. The van der Waals surface area contributed by atoms with Crippen LogP contribution in [0.3, 0.4) is 0 Å². The molecule has 1 aromatic carbocycles. The summed E-state index contributed by atoms with van der Waals surface area (Å²) in [6.07, 6.45) is 7.91.